The third-order valence-electron chi connectivity index (χ3n) is 2.71. The summed E-state index contributed by atoms with van der Waals surface area (Å²) in [4.78, 5) is 0. The average molecular weight is 258 g/mol. The maximum atomic E-state index is 11.8. The van der Waals surface area contributed by atoms with Crippen molar-refractivity contribution >= 4 is 22.4 Å². The summed E-state index contributed by atoms with van der Waals surface area (Å²) < 4.78 is 11.8. The maximum Gasteiger partial charge on any atom is 0.0441 e. The van der Waals surface area contributed by atoms with E-state index in [2.05, 4.69) is 19.2 Å². The van der Waals surface area contributed by atoms with Crippen molar-refractivity contribution in [1.29, 1.82) is 0 Å². The molecule has 0 spiro atoms. The van der Waals surface area contributed by atoms with Gasteiger partial charge in [0.25, 0.3) is 0 Å². The lowest BCUT2D eigenvalue weighted by molar-refractivity contribution is 0.369. The first kappa shape index (κ1) is 12.1. The summed E-state index contributed by atoms with van der Waals surface area (Å²) in [6, 6.07) is 7.92. The molecule has 1 heterocycles. The van der Waals surface area contributed by atoms with Crippen molar-refractivity contribution in [2.45, 2.75) is 25.4 Å². The minimum atomic E-state index is -0.741. The summed E-state index contributed by atoms with van der Waals surface area (Å²) in [7, 11) is -0.741. The van der Waals surface area contributed by atoms with Gasteiger partial charge in [0.1, 0.15) is 0 Å². The first-order chi connectivity index (χ1) is 7.46. The Bertz CT molecular complexity index is 402. The molecule has 2 unspecified atom stereocenters. The van der Waals surface area contributed by atoms with Crippen LogP contribution >= 0.6 is 11.6 Å². The van der Waals surface area contributed by atoms with E-state index in [4.69, 9.17) is 11.6 Å². The molecule has 0 aliphatic carbocycles. The fourth-order valence-electron chi connectivity index (χ4n) is 2.08. The number of hydrogen-bond donors (Lipinski definition) is 1. The third kappa shape index (κ3) is 2.84. The molecule has 2 rings (SSSR count). The largest absolute Gasteiger partial charge is 0.303 e. The summed E-state index contributed by atoms with van der Waals surface area (Å²) in [6.07, 6.45) is 0. The van der Waals surface area contributed by atoms with Gasteiger partial charge >= 0.3 is 0 Å². The minimum absolute atomic E-state index is 0.0621. The first-order valence-electron chi connectivity index (χ1n) is 5.34. The van der Waals surface area contributed by atoms with Crippen molar-refractivity contribution in [3.63, 3.8) is 0 Å². The number of rotatable bonds is 1. The molecule has 0 radical (unpaired) electrons. The fourth-order valence-corrected chi connectivity index (χ4v) is 3.86. The zero-order valence-corrected chi connectivity index (χ0v) is 11.1. The van der Waals surface area contributed by atoms with Crippen LogP contribution in [0.25, 0.3) is 0 Å². The van der Waals surface area contributed by atoms with Gasteiger partial charge in [-0.25, -0.2) is 0 Å². The van der Waals surface area contributed by atoms with Crippen molar-refractivity contribution in [2.75, 3.05) is 11.5 Å². The van der Waals surface area contributed by atoms with Gasteiger partial charge in [0.2, 0.25) is 0 Å². The molecule has 1 saturated heterocycles. The van der Waals surface area contributed by atoms with E-state index in [1.54, 1.807) is 0 Å². The normalized spacial score (nSPS) is 28.9. The zero-order chi connectivity index (χ0) is 11.8. The lowest BCUT2D eigenvalue weighted by Gasteiger charge is -2.36. The Morgan fingerprint density at radius 1 is 1.38 bits per heavy atom. The van der Waals surface area contributed by atoms with Crippen molar-refractivity contribution in [3.8, 4) is 0 Å². The molecule has 2 atom stereocenters. The van der Waals surface area contributed by atoms with E-state index >= 15 is 0 Å². The Morgan fingerprint density at radius 3 is 2.56 bits per heavy atom. The molecular weight excluding hydrogens is 242 g/mol. The van der Waals surface area contributed by atoms with Crippen molar-refractivity contribution in [2.24, 2.45) is 0 Å². The van der Waals surface area contributed by atoms with Gasteiger partial charge < -0.3 is 5.32 Å². The number of benzene rings is 1. The molecule has 0 aromatic heterocycles. The van der Waals surface area contributed by atoms with E-state index in [0.717, 1.165) is 16.3 Å². The van der Waals surface area contributed by atoms with Crippen LogP contribution in [0.2, 0.25) is 5.02 Å². The molecule has 2 nitrogen and oxygen atoms in total. The highest BCUT2D eigenvalue weighted by molar-refractivity contribution is 7.85. The zero-order valence-electron chi connectivity index (χ0n) is 9.50. The van der Waals surface area contributed by atoms with Gasteiger partial charge in [-0.2, -0.15) is 0 Å². The van der Waals surface area contributed by atoms with Crippen LogP contribution < -0.4 is 5.32 Å². The molecule has 1 aromatic rings. The first-order valence-corrected chi connectivity index (χ1v) is 7.21. The monoisotopic (exact) mass is 257 g/mol. The predicted molar refractivity (Wildman–Crippen MR) is 69.3 cm³/mol. The Balaban J connectivity index is 2.21. The van der Waals surface area contributed by atoms with Gasteiger partial charge in [0.05, 0.1) is 0 Å². The van der Waals surface area contributed by atoms with Crippen molar-refractivity contribution < 1.29 is 4.21 Å². The van der Waals surface area contributed by atoms with Crippen LogP contribution in [0.1, 0.15) is 25.5 Å². The topological polar surface area (TPSA) is 29.1 Å². The fraction of sp³-hybridized carbons (Fsp3) is 0.500. The molecule has 0 amide bonds. The van der Waals surface area contributed by atoms with Gasteiger partial charge in [-0.05, 0) is 31.5 Å². The van der Waals surface area contributed by atoms with Crippen LogP contribution in [0.3, 0.4) is 0 Å². The second-order valence-corrected chi connectivity index (χ2v) is 6.82. The Labute approximate surface area is 104 Å². The average Bonchev–Trinajstić information content (AvgIpc) is 2.15. The highest BCUT2D eigenvalue weighted by Gasteiger charge is 2.31. The molecule has 1 aromatic carbocycles. The van der Waals surface area contributed by atoms with Crippen LogP contribution in [-0.2, 0) is 10.8 Å². The molecular formula is C12H16ClNOS. The molecule has 1 aliphatic heterocycles. The van der Waals surface area contributed by atoms with Crippen LogP contribution in [0.15, 0.2) is 24.3 Å². The van der Waals surface area contributed by atoms with Gasteiger partial charge in [-0.15, -0.1) is 0 Å². The molecule has 1 N–H and O–H groups in total. The Hall–Kier alpha value is -0.380. The van der Waals surface area contributed by atoms with E-state index in [0.29, 0.717) is 5.75 Å². The molecule has 0 bridgehead atoms. The highest BCUT2D eigenvalue weighted by atomic mass is 35.5. The Morgan fingerprint density at radius 2 is 2.00 bits per heavy atom. The van der Waals surface area contributed by atoms with Crippen LogP contribution in [0.5, 0.6) is 0 Å². The van der Waals surface area contributed by atoms with Crippen molar-refractivity contribution in [3.05, 3.63) is 34.9 Å². The molecule has 16 heavy (non-hydrogen) atoms. The molecule has 88 valence electrons. The predicted octanol–water partition coefficient (Wildman–Crippen LogP) is 2.51. The van der Waals surface area contributed by atoms with Crippen LogP contribution in [0.4, 0.5) is 0 Å². The standard InChI is InChI=1S/C12H16ClNOS/c1-12(2)8-16(15)7-11(14-12)9-3-5-10(13)6-4-9/h3-6,11,14H,7-8H2,1-2H3. The number of nitrogens with one attached hydrogen (secondary N) is 1. The molecule has 4 heteroatoms. The minimum Gasteiger partial charge on any atom is -0.303 e. The van der Waals surface area contributed by atoms with Gasteiger partial charge in [0, 0.05) is 38.9 Å². The number of halogens is 1. The van der Waals surface area contributed by atoms with Gasteiger partial charge in [-0.1, -0.05) is 23.7 Å². The van der Waals surface area contributed by atoms with E-state index in [1.807, 2.05) is 24.3 Å². The summed E-state index contributed by atoms with van der Waals surface area (Å²) in [5, 5.41) is 4.26. The summed E-state index contributed by atoms with van der Waals surface area (Å²) in [5.74, 6) is 1.40. The molecule has 1 aliphatic rings. The van der Waals surface area contributed by atoms with E-state index in [-0.39, 0.29) is 11.6 Å². The van der Waals surface area contributed by atoms with E-state index in [9.17, 15) is 4.21 Å². The summed E-state index contributed by atoms with van der Waals surface area (Å²) >= 11 is 5.85. The smallest absolute Gasteiger partial charge is 0.0441 e. The molecule has 0 saturated carbocycles. The van der Waals surface area contributed by atoms with E-state index < -0.39 is 10.8 Å². The maximum absolute atomic E-state index is 11.8. The summed E-state index contributed by atoms with van der Waals surface area (Å²) in [5.41, 5.74) is 1.10. The SMILES string of the molecule is CC1(C)CS(=O)CC(c2ccc(Cl)cc2)N1. The number of hydrogen-bond acceptors (Lipinski definition) is 2. The second kappa shape index (κ2) is 4.47. The molecule has 1 fully saturated rings. The third-order valence-corrected chi connectivity index (χ3v) is 4.71. The Kier molecular flexibility index (Phi) is 3.38. The summed E-state index contributed by atoms with van der Waals surface area (Å²) in [6.45, 7) is 4.18. The van der Waals surface area contributed by atoms with E-state index in [1.165, 1.54) is 0 Å². The lowest BCUT2D eigenvalue weighted by Crippen LogP contribution is -2.52. The van der Waals surface area contributed by atoms with Crippen LogP contribution in [-0.4, -0.2) is 21.3 Å². The lowest BCUT2D eigenvalue weighted by atomic mass is 10.0. The van der Waals surface area contributed by atoms with Crippen molar-refractivity contribution in [1.82, 2.24) is 5.32 Å². The quantitative estimate of drug-likeness (QED) is 0.838. The van der Waals surface area contributed by atoms with Crippen LogP contribution in [0, 0.1) is 0 Å². The highest BCUT2D eigenvalue weighted by Crippen LogP contribution is 2.24. The van der Waals surface area contributed by atoms with Gasteiger partial charge in [-0.3, -0.25) is 4.21 Å². The second-order valence-electron chi connectivity index (χ2n) is 4.88. The van der Waals surface area contributed by atoms with Gasteiger partial charge in [0.15, 0.2) is 0 Å².